The number of hydrogen-bond donors (Lipinski definition) is 1. The molecule has 1 N–H and O–H groups in total. The monoisotopic (exact) mass is 358 g/mol. The first-order valence-corrected chi connectivity index (χ1v) is 8.25. The molecule has 0 bridgehead atoms. The fourth-order valence-corrected chi connectivity index (χ4v) is 2.89. The summed E-state index contributed by atoms with van der Waals surface area (Å²) in [4.78, 5) is 14.4. The molecule has 1 fully saturated rings. The molecule has 1 saturated heterocycles. The molecule has 2 rings (SSSR count). The zero-order chi connectivity index (χ0) is 14.5. The number of benzene rings is 1. The molecule has 0 spiro atoms. The van der Waals surface area contributed by atoms with Crippen LogP contribution >= 0.6 is 27.5 Å². The SMILES string of the molecule is CC(Nc1ccc(Br)c(Cl)c1)C(=O)N1CCCCCC1. The Morgan fingerprint density at radius 2 is 1.95 bits per heavy atom. The van der Waals surface area contributed by atoms with Gasteiger partial charge in [0, 0.05) is 23.2 Å². The summed E-state index contributed by atoms with van der Waals surface area (Å²) in [6, 6.07) is 5.40. The van der Waals surface area contributed by atoms with Crippen molar-refractivity contribution >= 4 is 39.1 Å². The zero-order valence-corrected chi connectivity index (χ0v) is 14.0. The van der Waals surface area contributed by atoms with E-state index in [2.05, 4.69) is 21.2 Å². The summed E-state index contributed by atoms with van der Waals surface area (Å²) in [7, 11) is 0. The minimum absolute atomic E-state index is 0.172. The number of nitrogens with zero attached hydrogens (tertiary/aromatic N) is 1. The maximum absolute atomic E-state index is 12.4. The first kappa shape index (κ1) is 15.6. The molecular weight excluding hydrogens is 340 g/mol. The number of rotatable bonds is 3. The Labute approximate surface area is 133 Å². The highest BCUT2D eigenvalue weighted by molar-refractivity contribution is 9.10. The molecule has 1 aromatic rings. The van der Waals surface area contributed by atoms with E-state index in [1.807, 2.05) is 30.0 Å². The van der Waals surface area contributed by atoms with Gasteiger partial charge in [-0.2, -0.15) is 0 Å². The van der Waals surface area contributed by atoms with Crippen LogP contribution in [-0.2, 0) is 4.79 Å². The lowest BCUT2D eigenvalue weighted by molar-refractivity contribution is -0.131. The van der Waals surface area contributed by atoms with E-state index in [9.17, 15) is 4.79 Å². The number of anilines is 1. The highest BCUT2D eigenvalue weighted by Gasteiger charge is 2.21. The third-order valence-electron chi connectivity index (χ3n) is 3.59. The van der Waals surface area contributed by atoms with E-state index in [1.54, 1.807) is 0 Å². The molecule has 1 aromatic carbocycles. The van der Waals surface area contributed by atoms with E-state index < -0.39 is 0 Å². The van der Waals surface area contributed by atoms with Gasteiger partial charge in [-0.15, -0.1) is 0 Å². The summed E-state index contributed by atoms with van der Waals surface area (Å²) < 4.78 is 0.858. The van der Waals surface area contributed by atoms with Crippen molar-refractivity contribution in [2.75, 3.05) is 18.4 Å². The van der Waals surface area contributed by atoms with Crippen LogP contribution in [0.2, 0.25) is 5.02 Å². The maximum atomic E-state index is 12.4. The quantitative estimate of drug-likeness (QED) is 0.872. The first-order chi connectivity index (χ1) is 9.58. The van der Waals surface area contributed by atoms with Crippen LogP contribution in [0.3, 0.4) is 0 Å². The van der Waals surface area contributed by atoms with Gasteiger partial charge in [0.1, 0.15) is 6.04 Å². The van der Waals surface area contributed by atoms with Gasteiger partial charge in [0.25, 0.3) is 0 Å². The molecule has 1 aliphatic heterocycles. The molecular formula is C15H20BrClN2O. The largest absolute Gasteiger partial charge is 0.374 e. The third kappa shape index (κ3) is 4.13. The van der Waals surface area contributed by atoms with Crippen LogP contribution in [0.5, 0.6) is 0 Å². The second kappa shape index (κ2) is 7.32. The van der Waals surface area contributed by atoms with Crippen LogP contribution in [0.15, 0.2) is 22.7 Å². The number of amides is 1. The Balaban J connectivity index is 1.97. The van der Waals surface area contributed by atoms with Gasteiger partial charge in [-0.25, -0.2) is 0 Å². The van der Waals surface area contributed by atoms with Gasteiger partial charge in [-0.3, -0.25) is 4.79 Å². The standard InChI is InChI=1S/C15H20BrClN2O/c1-11(15(20)19-8-4-2-3-5-9-19)18-12-6-7-13(16)14(17)10-12/h6-7,10-11,18H,2-5,8-9H2,1H3. The summed E-state index contributed by atoms with van der Waals surface area (Å²) in [6.07, 6.45) is 4.69. The molecule has 5 heteroatoms. The molecule has 1 atom stereocenters. The van der Waals surface area contributed by atoms with Crippen molar-refractivity contribution in [1.82, 2.24) is 4.90 Å². The fourth-order valence-electron chi connectivity index (χ4n) is 2.46. The van der Waals surface area contributed by atoms with Crippen molar-refractivity contribution in [2.45, 2.75) is 38.6 Å². The molecule has 1 unspecified atom stereocenters. The Morgan fingerprint density at radius 1 is 1.30 bits per heavy atom. The van der Waals surface area contributed by atoms with Gasteiger partial charge < -0.3 is 10.2 Å². The highest BCUT2D eigenvalue weighted by atomic mass is 79.9. The van der Waals surface area contributed by atoms with Crippen molar-refractivity contribution in [3.8, 4) is 0 Å². The molecule has 0 saturated carbocycles. The summed E-state index contributed by atoms with van der Waals surface area (Å²) in [5.41, 5.74) is 0.869. The third-order valence-corrected chi connectivity index (χ3v) is 4.82. The predicted molar refractivity (Wildman–Crippen MR) is 87.3 cm³/mol. The van der Waals surface area contributed by atoms with Gasteiger partial charge in [0.05, 0.1) is 5.02 Å². The van der Waals surface area contributed by atoms with Crippen molar-refractivity contribution in [1.29, 1.82) is 0 Å². The number of nitrogens with one attached hydrogen (secondary N) is 1. The van der Waals surface area contributed by atoms with Gasteiger partial charge >= 0.3 is 0 Å². The number of halogens is 2. The summed E-state index contributed by atoms with van der Waals surface area (Å²) in [5, 5.41) is 3.87. The van der Waals surface area contributed by atoms with Crippen LogP contribution in [0.1, 0.15) is 32.6 Å². The predicted octanol–water partition coefficient (Wildman–Crippen LogP) is 4.31. The molecule has 1 heterocycles. The van der Waals surface area contributed by atoms with E-state index in [4.69, 9.17) is 11.6 Å². The molecule has 110 valence electrons. The normalized spacial score (nSPS) is 17.4. The Bertz CT molecular complexity index is 473. The van der Waals surface area contributed by atoms with Crippen molar-refractivity contribution in [2.24, 2.45) is 0 Å². The van der Waals surface area contributed by atoms with Crippen LogP contribution < -0.4 is 5.32 Å². The van der Waals surface area contributed by atoms with E-state index in [-0.39, 0.29) is 11.9 Å². The van der Waals surface area contributed by atoms with Gasteiger partial charge in [-0.1, -0.05) is 24.4 Å². The van der Waals surface area contributed by atoms with E-state index in [1.165, 1.54) is 12.8 Å². The average Bonchev–Trinajstić information content (AvgIpc) is 2.71. The first-order valence-electron chi connectivity index (χ1n) is 7.08. The topological polar surface area (TPSA) is 32.3 Å². The van der Waals surface area contributed by atoms with Crippen LogP contribution in [0, 0.1) is 0 Å². The maximum Gasteiger partial charge on any atom is 0.244 e. The lowest BCUT2D eigenvalue weighted by atomic mass is 10.2. The minimum atomic E-state index is -0.231. The summed E-state index contributed by atoms with van der Waals surface area (Å²) >= 11 is 9.43. The molecule has 20 heavy (non-hydrogen) atoms. The molecule has 1 amide bonds. The highest BCUT2D eigenvalue weighted by Crippen LogP contribution is 2.26. The fraction of sp³-hybridized carbons (Fsp3) is 0.533. The lowest BCUT2D eigenvalue weighted by Crippen LogP contribution is -2.41. The summed E-state index contributed by atoms with van der Waals surface area (Å²) in [5.74, 6) is 0.172. The molecule has 3 nitrogen and oxygen atoms in total. The van der Waals surface area contributed by atoms with E-state index in [0.29, 0.717) is 5.02 Å². The minimum Gasteiger partial charge on any atom is -0.374 e. The van der Waals surface area contributed by atoms with E-state index >= 15 is 0 Å². The average molecular weight is 360 g/mol. The Morgan fingerprint density at radius 3 is 2.55 bits per heavy atom. The number of carbonyl (C=O) groups is 1. The van der Waals surface area contributed by atoms with Crippen LogP contribution in [-0.4, -0.2) is 29.9 Å². The number of likely N-dealkylation sites (tertiary alicyclic amines) is 1. The van der Waals surface area contributed by atoms with Crippen molar-refractivity contribution in [3.05, 3.63) is 27.7 Å². The Kier molecular flexibility index (Phi) is 5.73. The van der Waals surface area contributed by atoms with Gasteiger partial charge in [0.2, 0.25) is 5.91 Å². The molecule has 0 aliphatic carbocycles. The van der Waals surface area contributed by atoms with Crippen LogP contribution in [0.25, 0.3) is 0 Å². The van der Waals surface area contributed by atoms with Crippen molar-refractivity contribution < 1.29 is 4.79 Å². The van der Waals surface area contributed by atoms with Crippen molar-refractivity contribution in [3.63, 3.8) is 0 Å². The smallest absolute Gasteiger partial charge is 0.244 e. The lowest BCUT2D eigenvalue weighted by Gasteiger charge is -2.25. The van der Waals surface area contributed by atoms with Gasteiger partial charge in [0.15, 0.2) is 0 Å². The zero-order valence-electron chi connectivity index (χ0n) is 11.7. The molecule has 0 radical (unpaired) electrons. The number of hydrogen-bond acceptors (Lipinski definition) is 2. The molecule has 0 aromatic heterocycles. The number of carbonyl (C=O) groups excluding carboxylic acids is 1. The summed E-state index contributed by atoms with van der Waals surface area (Å²) in [6.45, 7) is 3.67. The molecule has 1 aliphatic rings. The second-order valence-electron chi connectivity index (χ2n) is 5.23. The van der Waals surface area contributed by atoms with E-state index in [0.717, 1.165) is 36.1 Å². The second-order valence-corrected chi connectivity index (χ2v) is 6.50. The van der Waals surface area contributed by atoms with Gasteiger partial charge in [-0.05, 0) is 53.9 Å². The van der Waals surface area contributed by atoms with Crippen LogP contribution in [0.4, 0.5) is 5.69 Å². The Hall–Kier alpha value is -0.740.